The monoisotopic (exact) mass is 358 g/mol. The van der Waals surface area contributed by atoms with E-state index in [1.54, 1.807) is 12.1 Å². The number of benzene rings is 1. The highest BCUT2D eigenvalue weighted by molar-refractivity contribution is 5.94. The summed E-state index contributed by atoms with van der Waals surface area (Å²) in [5.74, 6) is 0.963. The van der Waals surface area contributed by atoms with Crippen LogP contribution in [0.3, 0.4) is 0 Å². The lowest BCUT2D eigenvalue weighted by atomic mass is 9.84. The summed E-state index contributed by atoms with van der Waals surface area (Å²) >= 11 is 0. The largest absolute Gasteiger partial charge is 0.352 e. The maximum absolute atomic E-state index is 12.5. The molecule has 0 heterocycles. The molecule has 2 bridgehead atoms. The van der Waals surface area contributed by atoms with Crippen LogP contribution in [-0.2, 0) is 11.3 Å². The second-order valence-corrected chi connectivity index (χ2v) is 7.91. The van der Waals surface area contributed by atoms with Gasteiger partial charge in [0.1, 0.15) is 0 Å². The Balaban J connectivity index is 1.47. The van der Waals surface area contributed by atoms with Crippen LogP contribution in [0.15, 0.2) is 24.3 Å². The van der Waals surface area contributed by atoms with Crippen molar-refractivity contribution in [3.8, 4) is 0 Å². The van der Waals surface area contributed by atoms with E-state index in [1.807, 2.05) is 31.1 Å². The highest BCUT2D eigenvalue weighted by Gasteiger charge is 2.48. The van der Waals surface area contributed by atoms with Gasteiger partial charge in [-0.3, -0.25) is 9.59 Å². The highest BCUT2D eigenvalue weighted by Crippen LogP contribution is 2.47. The molecule has 0 aromatic heterocycles. The van der Waals surface area contributed by atoms with Crippen molar-refractivity contribution in [3.63, 3.8) is 0 Å². The van der Waals surface area contributed by atoms with E-state index in [2.05, 4.69) is 10.6 Å². The zero-order valence-corrected chi connectivity index (χ0v) is 15.7. The summed E-state index contributed by atoms with van der Waals surface area (Å²) in [4.78, 5) is 26.6. The average molecular weight is 358 g/mol. The van der Waals surface area contributed by atoms with Gasteiger partial charge in [-0.2, -0.15) is 0 Å². The first-order chi connectivity index (χ1) is 12.5. The Morgan fingerprint density at radius 3 is 2.42 bits per heavy atom. The van der Waals surface area contributed by atoms with Crippen molar-refractivity contribution < 1.29 is 9.59 Å². The molecule has 2 fully saturated rings. The smallest absolute Gasteiger partial charge is 0.251 e. The van der Waals surface area contributed by atoms with Gasteiger partial charge in [0.2, 0.25) is 5.91 Å². The van der Waals surface area contributed by atoms with Crippen LogP contribution < -0.4 is 16.4 Å². The van der Waals surface area contributed by atoms with Crippen molar-refractivity contribution in [1.82, 2.24) is 15.5 Å². The molecular formula is C20H30N4O2. The van der Waals surface area contributed by atoms with Crippen molar-refractivity contribution >= 4 is 11.8 Å². The standard InChI is InChI=1S/C20H30N4O2/c1-24(2)10-9-22-19(25)14-5-3-13(4-6-14)12-23-20(26)17-15-7-8-16(11-15)18(17)21/h3-6,15-18H,7-12,21H2,1-2H3,(H,22,25)(H,23,26). The minimum atomic E-state index is -0.0737. The Labute approximate surface area is 155 Å². The Bertz CT molecular complexity index is 642. The molecule has 4 atom stereocenters. The van der Waals surface area contributed by atoms with Crippen molar-refractivity contribution in [2.24, 2.45) is 23.5 Å². The van der Waals surface area contributed by atoms with Crippen LogP contribution in [0.4, 0.5) is 0 Å². The van der Waals surface area contributed by atoms with Gasteiger partial charge in [0.05, 0.1) is 5.92 Å². The summed E-state index contributed by atoms with van der Waals surface area (Å²) in [6.07, 6.45) is 3.42. The van der Waals surface area contributed by atoms with Crippen LogP contribution in [-0.4, -0.2) is 49.9 Å². The van der Waals surface area contributed by atoms with Crippen LogP contribution in [0, 0.1) is 17.8 Å². The molecule has 2 aliphatic rings. The zero-order valence-electron chi connectivity index (χ0n) is 15.7. The molecule has 26 heavy (non-hydrogen) atoms. The van der Waals surface area contributed by atoms with Gasteiger partial charge >= 0.3 is 0 Å². The molecule has 0 saturated heterocycles. The number of hydrogen-bond acceptors (Lipinski definition) is 4. The molecule has 2 aliphatic carbocycles. The minimum absolute atomic E-state index is 0.0157. The molecule has 0 aliphatic heterocycles. The normalized spacial score (nSPS) is 26.9. The van der Waals surface area contributed by atoms with Crippen molar-refractivity contribution in [3.05, 3.63) is 35.4 Å². The number of nitrogens with one attached hydrogen (secondary N) is 2. The van der Waals surface area contributed by atoms with Crippen molar-refractivity contribution in [1.29, 1.82) is 0 Å². The van der Waals surface area contributed by atoms with Gasteiger partial charge in [0.15, 0.2) is 0 Å². The van der Waals surface area contributed by atoms with E-state index in [1.165, 1.54) is 6.42 Å². The van der Waals surface area contributed by atoms with Gasteiger partial charge in [-0.05, 0) is 62.9 Å². The molecule has 1 aromatic rings. The van der Waals surface area contributed by atoms with E-state index in [-0.39, 0.29) is 23.8 Å². The van der Waals surface area contributed by atoms with Crippen LogP contribution in [0.25, 0.3) is 0 Å². The number of rotatable bonds is 7. The highest BCUT2D eigenvalue weighted by atomic mass is 16.2. The summed E-state index contributed by atoms with van der Waals surface area (Å²) < 4.78 is 0. The summed E-state index contributed by atoms with van der Waals surface area (Å²) in [7, 11) is 3.94. The topological polar surface area (TPSA) is 87.5 Å². The lowest BCUT2D eigenvalue weighted by molar-refractivity contribution is -0.127. The van der Waals surface area contributed by atoms with Gasteiger partial charge in [0.25, 0.3) is 5.91 Å². The van der Waals surface area contributed by atoms with Gasteiger partial charge in [-0.25, -0.2) is 0 Å². The number of fused-ring (bicyclic) bond motifs is 2. The number of carbonyl (C=O) groups excluding carboxylic acids is 2. The number of nitrogens with two attached hydrogens (primary N) is 1. The van der Waals surface area contributed by atoms with Crippen molar-refractivity contribution in [2.45, 2.75) is 31.8 Å². The molecule has 6 nitrogen and oxygen atoms in total. The van der Waals surface area contributed by atoms with E-state index in [9.17, 15) is 9.59 Å². The summed E-state index contributed by atoms with van der Waals surface area (Å²) in [6, 6.07) is 7.40. The molecule has 4 N–H and O–H groups in total. The molecule has 4 unspecified atom stereocenters. The van der Waals surface area contributed by atoms with Gasteiger partial charge in [0, 0.05) is 31.2 Å². The third-order valence-corrected chi connectivity index (χ3v) is 5.81. The predicted octanol–water partition coefficient (Wildman–Crippen LogP) is 0.968. The first-order valence-corrected chi connectivity index (χ1v) is 9.51. The van der Waals surface area contributed by atoms with Crippen LogP contribution >= 0.6 is 0 Å². The second-order valence-electron chi connectivity index (χ2n) is 7.91. The molecule has 2 saturated carbocycles. The molecule has 142 valence electrons. The molecular weight excluding hydrogens is 328 g/mol. The molecule has 3 rings (SSSR count). The Kier molecular flexibility index (Phi) is 5.94. The summed E-state index contributed by atoms with van der Waals surface area (Å²) in [5.41, 5.74) is 7.86. The molecule has 0 radical (unpaired) electrons. The third kappa shape index (κ3) is 4.24. The lowest BCUT2D eigenvalue weighted by Gasteiger charge is -2.27. The fraction of sp³-hybridized carbons (Fsp3) is 0.600. The number of likely N-dealkylation sites (N-methyl/N-ethyl adjacent to an activating group) is 1. The maximum Gasteiger partial charge on any atom is 0.251 e. The maximum atomic E-state index is 12.5. The zero-order chi connectivity index (χ0) is 18.7. The SMILES string of the molecule is CN(C)CCNC(=O)c1ccc(CNC(=O)C2C3CCC(C3)C2N)cc1. The fourth-order valence-electron chi connectivity index (χ4n) is 4.30. The second kappa shape index (κ2) is 8.18. The number of nitrogens with zero attached hydrogens (tertiary/aromatic N) is 1. The molecule has 2 amide bonds. The van der Waals surface area contributed by atoms with Gasteiger partial charge in [-0.15, -0.1) is 0 Å². The van der Waals surface area contributed by atoms with E-state index >= 15 is 0 Å². The lowest BCUT2D eigenvalue weighted by Crippen LogP contribution is -2.45. The Morgan fingerprint density at radius 1 is 1.12 bits per heavy atom. The average Bonchev–Trinajstić information content (AvgIpc) is 3.21. The quantitative estimate of drug-likeness (QED) is 0.678. The van der Waals surface area contributed by atoms with Gasteiger partial charge in [-0.1, -0.05) is 12.1 Å². The number of amides is 2. The van der Waals surface area contributed by atoms with E-state index in [0.717, 1.165) is 24.9 Å². The summed E-state index contributed by atoms with van der Waals surface area (Å²) in [5, 5.41) is 5.92. The fourth-order valence-corrected chi connectivity index (χ4v) is 4.30. The van der Waals surface area contributed by atoms with E-state index in [0.29, 0.717) is 30.5 Å². The third-order valence-electron chi connectivity index (χ3n) is 5.81. The Hall–Kier alpha value is -1.92. The summed E-state index contributed by atoms with van der Waals surface area (Å²) in [6.45, 7) is 1.90. The van der Waals surface area contributed by atoms with Crippen LogP contribution in [0.5, 0.6) is 0 Å². The Morgan fingerprint density at radius 2 is 1.81 bits per heavy atom. The molecule has 6 heteroatoms. The first kappa shape index (κ1) is 18.9. The van der Waals surface area contributed by atoms with Crippen molar-refractivity contribution in [2.75, 3.05) is 27.2 Å². The number of hydrogen-bond donors (Lipinski definition) is 3. The van der Waals surface area contributed by atoms with Gasteiger partial charge < -0.3 is 21.3 Å². The number of carbonyl (C=O) groups is 2. The molecule has 1 aromatic carbocycles. The van der Waals surface area contributed by atoms with E-state index in [4.69, 9.17) is 5.73 Å². The predicted molar refractivity (Wildman–Crippen MR) is 101 cm³/mol. The van der Waals surface area contributed by atoms with Crippen LogP contribution in [0.2, 0.25) is 0 Å². The first-order valence-electron chi connectivity index (χ1n) is 9.51. The molecule has 0 spiro atoms. The van der Waals surface area contributed by atoms with Crippen LogP contribution in [0.1, 0.15) is 35.2 Å². The van der Waals surface area contributed by atoms with E-state index < -0.39 is 0 Å². The minimum Gasteiger partial charge on any atom is -0.352 e.